The number of nitrogens with one attached hydrogen (secondary N) is 2. The van der Waals surface area contributed by atoms with Crippen molar-refractivity contribution in [2.75, 3.05) is 0 Å². The maximum atomic E-state index is 5.43. The smallest absolute Gasteiger partial charge is 0.0737 e. The summed E-state index contributed by atoms with van der Waals surface area (Å²) < 4.78 is 0. The number of fused-ring (bicyclic) bond motifs is 8. The van der Waals surface area contributed by atoms with Gasteiger partial charge >= 0.3 is 0 Å². The van der Waals surface area contributed by atoms with Crippen LogP contribution < -0.4 is 0 Å². The number of aryl methyl sites for hydroxylation is 1. The molecule has 0 spiro atoms. The Labute approximate surface area is 331 Å². The lowest BCUT2D eigenvalue weighted by Gasteiger charge is -2.07. The molecule has 0 atom stereocenters. The number of aromatic amines is 2. The van der Waals surface area contributed by atoms with E-state index in [0.717, 1.165) is 101 Å². The number of nitrogens with zero attached hydrogens (tertiary/aromatic N) is 3. The van der Waals surface area contributed by atoms with Gasteiger partial charge in [-0.25, -0.2) is 9.97 Å². The second kappa shape index (κ2) is 14.5. The molecule has 2 aliphatic heterocycles. The summed E-state index contributed by atoms with van der Waals surface area (Å²) >= 11 is 0. The van der Waals surface area contributed by atoms with Crippen molar-refractivity contribution in [3.8, 4) is 44.5 Å². The number of benzene rings is 5. The monoisotopic (exact) mass is 731 g/mol. The summed E-state index contributed by atoms with van der Waals surface area (Å²) in [6.45, 7) is 2.10. The van der Waals surface area contributed by atoms with Gasteiger partial charge in [0.2, 0.25) is 0 Å². The van der Waals surface area contributed by atoms with E-state index in [1.54, 1.807) is 0 Å². The molecule has 10 rings (SSSR count). The van der Waals surface area contributed by atoms with Gasteiger partial charge in [-0.15, -0.1) is 0 Å². The van der Waals surface area contributed by atoms with Crippen LogP contribution in [0.1, 0.15) is 33.9 Å². The standard InChI is InChI=1S/C52H37N5/c1-34-12-11-13-35(32-34)33-53-40-22-20-39(21-23-40)52-47-30-28-45(56-47)50(37-16-7-3-8-17-37)43-26-24-41(54-43)49(36-14-5-2-6-15-36)42-25-27-44(55-42)51(38-18-9-4-10-19-38)46-29-31-48(52)57-46/h2-33,54,57H,1H3/b49-41?,49-42?,50-43?,50-45?,51-44?,51-46?,52-47?,52-48?,53-33+. The summed E-state index contributed by atoms with van der Waals surface area (Å²) in [5.74, 6) is 0. The third kappa shape index (κ3) is 6.62. The highest BCUT2D eigenvalue weighted by Crippen LogP contribution is 2.38. The van der Waals surface area contributed by atoms with Crippen LogP contribution in [-0.4, -0.2) is 26.2 Å². The van der Waals surface area contributed by atoms with Gasteiger partial charge in [-0.2, -0.15) is 0 Å². The molecule has 5 nitrogen and oxygen atoms in total. The van der Waals surface area contributed by atoms with Gasteiger partial charge in [-0.05, 0) is 95.4 Å². The van der Waals surface area contributed by atoms with Gasteiger partial charge in [0.15, 0.2) is 0 Å². The Morgan fingerprint density at radius 3 is 1.18 bits per heavy atom. The Balaban J connectivity index is 1.28. The predicted octanol–water partition coefficient (Wildman–Crippen LogP) is 13.4. The molecular weight excluding hydrogens is 695 g/mol. The molecule has 0 fully saturated rings. The summed E-state index contributed by atoms with van der Waals surface area (Å²) in [6.07, 6.45) is 10.5. The summed E-state index contributed by atoms with van der Waals surface area (Å²) in [5.41, 5.74) is 18.9. The minimum atomic E-state index is 0.869. The molecule has 8 aromatic rings. The van der Waals surface area contributed by atoms with Gasteiger partial charge in [0.25, 0.3) is 0 Å². The Hall–Kier alpha value is -7.63. The van der Waals surface area contributed by atoms with Crippen molar-refractivity contribution < 1.29 is 0 Å². The SMILES string of the molecule is Cc1cccc(/C=N/c2ccc(-c3c4nc(c(-c5ccccc5)c5ccc([nH]5)c(-c5ccccc5)c5nc(c(-c6ccccc6)c6ccc3[nH]6)C=C5)C=C4)cc2)c1. The van der Waals surface area contributed by atoms with E-state index >= 15 is 0 Å². The third-order valence-electron chi connectivity index (χ3n) is 10.5. The zero-order chi connectivity index (χ0) is 38.1. The van der Waals surface area contributed by atoms with Crippen molar-refractivity contribution in [3.05, 3.63) is 198 Å². The van der Waals surface area contributed by atoms with Gasteiger partial charge in [-0.1, -0.05) is 133 Å². The van der Waals surface area contributed by atoms with Crippen LogP contribution in [0.5, 0.6) is 0 Å². The van der Waals surface area contributed by atoms with E-state index in [1.165, 1.54) is 5.56 Å². The highest BCUT2D eigenvalue weighted by atomic mass is 14.8. The van der Waals surface area contributed by atoms with E-state index in [-0.39, 0.29) is 0 Å². The van der Waals surface area contributed by atoms with Crippen molar-refractivity contribution in [2.45, 2.75) is 6.92 Å². The first-order valence-corrected chi connectivity index (χ1v) is 19.2. The molecule has 5 heteroatoms. The number of hydrogen-bond donors (Lipinski definition) is 2. The van der Waals surface area contributed by atoms with E-state index in [4.69, 9.17) is 15.0 Å². The van der Waals surface area contributed by atoms with Crippen molar-refractivity contribution in [3.63, 3.8) is 0 Å². The van der Waals surface area contributed by atoms with Crippen LogP contribution in [0.3, 0.4) is 0 Å². The lowest BCUT2D eigenvalue weighted by Crippen LogP contribution is -1.89. The molecule has 2 aliphatic rings. The summed E-state index contributed by atoms with van der Waals surface area (Å²) in [7, 11) is 0. The largest absolute Gasteiger partial charge is 0.354 e. The van der Waals surface area contributed by atoms with Crippen LogP contribution in [0.25, 0.3) is 90.9 Å². The molecule has 0 unspecified atom stereocenters. The number of aromatic nitrogens is 4. The summed E-state index contributed by atoms with van der Waals surface area (Å²) in [5, 5.41) is 0. The van der Waals surface area contributed by atoms with Crippen LogP contribution in [-0.2, 0) is 0 Å². The topological polar surface area (TPSA) is 69.7 Å². The summed E-state index contributed by atoms with van der Waals surface area (Å²) in [4.78, 5) is 23.3. The number of hydrogen-bond acceptors (Lipinski definition) is 3. The molecule has 0 saturated heterocycles. The van der Waals surface area contributed by atoms with Gasteiger partial charge in [0.05, 0.1) is 28.5 Å². The van der Waals surface area contributed by atoms with Crippen molar-refractivity contribution >= 4 is 58.3 Å². The van der Waals surface area contributed by atoms with Gasteiger partial charge in [-0.3, -0.25) is 4.99 Å². The van der Waals surface area contributed by atoms with Crippen molar-refractivity contribution in [1.29, 1.82) is 0 Å². The van der Waals surface area contributed by atoms with Gasteiger partial charge in [0.1, 0.15) is 0 Å². The number of rotatable bonds is 6. The third-order valence-corrected chi connectivity index (χ3v) is 10.5. The van der Waals surface area contributed by atoms with E-state index in [2.05, 4.69) is 187 Å². The van der Waals surface area contributed by atoms with E-state index in [0.29, 0.717) is 0 Å². The number of H-pyrrole nitrogens is 2. The maximum absolute atomic E-state index is 5.43. The predicted molar refractivity (Wildman–Crippen MR) is 239 cm³/mol. The second-order valence-electron chi connectivity index (χ2n) is 14.3. The van der Waals surface area contributed by atoms with Crippen molar-refractivity contribution in [2.24, 2.45) is 4.99 Å². The number of aliphatic imine (C=N–C) groups is 1. The molecule has 5 heterocycles. The average molecular weight is 732 g/mol. The first-order chi connectivity index (χ1) is 28.1. The Morgan fingerprint density at radius 1 is 0.404 bits per heavy atom. The molecule has 0 saturated carbocycles. The minimum Gasteiger partial charge on any atom is -0.354 e. The molecule has 57 heavy (non-hydrogen) atoms. The molecule has 270 valence electrons. The fourth-order valence-electron chi connectivity index (χ4n) is 7.85. The normalized spacial score (nSPS) is 12.1. The summed E-state index contributed by atoms with van der Waals surface area (Å²) in [6, 6.07) is 56.9. The molecule has 8 bridgehead atoms. The molecule has 3 aromatic heterocycles. The zero-order valence-electron chi connectivity index (χ0n) is 31.3. The van der Waals surface area contributed by atoms with Crippen LogP contribution >= 0.6 is 0 Å². The molecular formula is C52H37N5. The molecule has 0 aliphatic carbocycles. The lowest BCUT2D eigenvalue weighted by atomic mass is 10.0. The highest BCUT2D eigenvalue weighted by Gasteiger charge is 2.18. The van der Waals surface area contributed by atoms with Crippen LogP contribution in [0.15, 0.2) is 169 Å². The highest BCUT2D eigenvalue weighted by molar-refractivity contribution is 6.00. The molecule has 2 N–H and O–H groups in total. The van der Waals surface area contributed by atoms with Crippen molar-refractivity contribution in [1.82, 2.24) is 19.9 Å². The van der Waals surface area contributed by atoms with Crippen LogP contribution in [0, 0.1) is 6.92 Å². The minimum absolute atomic E-state index is 0.869. The Morgan fingerprint density at radius 2 is 0.789 bits per heavy atom. The van der Waals surface area contributed by atoms with Crippen LogP contribution in [0.4, 0.5) is 5.69 Å². The first kappa shape index (κ1) is 33.9. The molecule has 0 radical (unpaired) electrons. The Bertz CT molecular complexity index is 3000. The van der Waals surface area contributed by atoms with E-state index in [9.17, 15) is 0 Å². The molecule has 5 aromatic carbocycles. The van der Waals surface area contributed by atoms with E-state index < -0.39 is 0 Å². The van der Waals surface area contributed by atoms with Gasteiger partial charge in [0, 0.05) is 50.5 Å². The second-order valence-corrected chi connectivity index (χ2v) is 14.3. The quantitative estimate of drug-likeness (QED) is 0.167. The maximum Gasteiger partial charge on any atom is 0.0737 e. The lowest BCUT2D eigenvalue weighted by molar-refractivity contribution is 1.31. The van der Waals surface area contributed by atoms with Crippen LogP contribution in [0.2, 0.25) is 0 Å². The zero-order valence-corrected chi connectivity index (χ0v) is 31.3. The average Bonchev–Trinajstić information content (AvgIpc) is 4.10. The fraction of sp³-hybridized carbons (Fsp3) is 0.0192. The van der Waals surface area contributed by atoms with Gasteiger partial charge < -0.3 is 9.97 Å². The Kier molecular flexibility index (Phi) is 8.65. The van der Waals surface area contributed by atoms with E-state index in [1.807, 2.05) is 24.4 Å². The molecule has 0 amide bonds. The fourth-order valence-corrected chi connectivity index (χ4v) is 7.85. The first-order valence-electron chi connectivity index (χ1n) is 19.2.